The number of piperazine rings is 1. The molecule has 228 valence electrons. The van der Waals surface area contributed by atoms with Gasteiger partial charge in [0.05, 0.1) is 51.8 Å². The molecule has 6 rings (SSSR count). The highest BCUT2D eigenvalue weighted by molar-refractivity contribution is 6.04. The molecule has 4 aromatic heterocycles. The van der Waals surface area contributed by atoms with Crippen molar-refractivity contribution in [3.8, 4) is 29.1 Å². The average molecular weight is 599 g/mol. The van der Waals surface area contributed by atoms with Crippen LogP contribution in [0.1, 0.15) is 45.9 Å². The van der Waals surface area contributed by atoms with Gasteiger partial charge in [0.15, 0.2) is 0 Å². The summed E-state index contributed by atoms with van der Waals surface area (Å²) in [7, 11) is 1.88. The van der Waals surface area contributed by atoms with E-state index in [1.165, 1.54) is 0 Å². The van der Waals surface area contributed by atoms with E-state index in [0.29, 0.717) is 11.3 Å². The lowest BCUT2D eigenvalue weighted by molar-refractivity contribution is 0.128. The van der Waals surface area contributed by atoms with Gasteiger partial charge in [0, 0.05) is 55.9 Å². The molecule has 1 aromatic carbocycles. The van der Waals surface area contributed by atoms with Crippen molar-refractivity contribution < 1.29 is 0 Å². The first-order valence-electron chi connectivity index (χ1n) is 15.2. The molecule has 5 aromatic rings. The number of fused-ring (bicyclic) bond motifs is 3. The summed E-state index contributed by atoms with van der Waals surface area (Å²) in [6, 6.07) is 14.5. The zero-order valence-electron chi connectivity index (χ0n) is 27.0. The van der Waals surface area contributed by atoms with Crippen molar-refractivity contribution in [3.63, 3.8) is 0 Å². The van der Waals surface area contributed by atoms with E-state index < -0.39 is 5.41 Å². The summed E-state index contributed by atoms with van der Waals surface area (Å²) in [5.74, 6) is 1.04. The average Bonchev–Trinajstić information content (AvgIpc) is 3.32. The lowest BCUT2D eigenvalue weighted by Gasteiger charge is -2.42. The van der Waals surface area contributed by atoms with E-state index in [4.69, 9.17) is 9.97 Å². The fraction of sp³-hybridized carbons (Fsp3) is 0.371. The summed E-state index contributed by atoms with van der Waals surface area (Å²) in [6.45, 7) is 16.6. The van der Waals surface area contributed by atoms with Crippen molar-refractivity contribution in [1.82, 2.24) is 29.0 Å². The number of nitrogens with zero attached hydrogens (tertiary/aromatic N) is 10. The first kappa shape index (κ1) is 30.0. The van der Waals surface area contributed by atoms with Gasteiger partial charge in [-0.15, -0.1) is 4.99 Å². The number of hydrogen-bond acceptors (Lipinski definition) is 8. The maximum Gasteiger partial charge on any atom is 0.226 e. The molecule has 0 bridgehead atoms. The molecule has 0 N–H and O–H groups in total. The van der Waals surface area contributed by atoms with Gasteiger partial charge in [-0.1, -0.05) is 6.07 Å². The zero-order chi connectivity index (χ0) is 32.1. The van der Waals surface area contributed by atoms with Crippen molar-refractivity contribution in [3.05, 3.63) is 71.9 Å². The lowest BCUT2D eigenvalue weighted by atomic mass is 9.91. The number of rotatable bonds is 4. The van der Waals surface area contributed by atoms with Crippen LogP contribution in [0, 0.1) is 29.7 Å². The predicted molar refractivity (Wildman–Crippen MR) is 177 cm³/mol. The van der Waals surface area contributed by atoms with Gasteiger partial charge < -0.3 is 9.47 Å². The number of pyridine rings is 3. The molecule has 1 aliphatic heterocycles. The van der Waals surface area contributed by atoms with Crippen LogP contribution in [-0.2, 0) is 12.5 Å². The Balaban J connectivity index is 1.45. The molecule has 0 spiro atoms. The Bertz CT molecular complexity index is 2070. The third-order valence-electron chi connectivity index (χ3n) is 8.89. The highest BCUT2D eigenvalue weighted by Crippen LogP contribution is 2.32. The highest BCUT2D eigenvalue weighted by Gasteiger charge is 2.27. The van der Waals surface area contributed by atoms with Crippen LogP contribution < -0.4 is 10.5 Å². The molecular weight excluding hydrogens is 560 g/mol. The molecule has 0 saturated carbocycles. The van der Waals surface area contributed by atoms with Crippen molar-refractivity contribution in [1.29, 1.82) is 10.5 Å². The van der Waals surface area contributed by atoms with Gasteiger partial charge >= 0.3 is 0 Å². The Morgan fingerprint density at radius 3 is 2.22 bits per heavy atom. The molecule has 10 heteroatoms. The van der Waals surface area contributed by atoms with Gasteiger partial charge in [-0.05, 0) is 83.0 Å². The Morgan fingerprint density at radius 2 is 1.60 bits per heavy atom. The van der Waals surface area contributed by atoms with Crippen molar-refractivity contribution >= 4 is 27.8 Å². The van der Waals surface area contributed by atoms with Gasteiger partial charge in [-0.3, -0.25) is 19.4 Å². The van der Waals surface area contributed by atoms with E-state index in [1.807, 2.05) is 66.8 Å². The molecule has 0 unspecified atom stereocenters. The second-order valence-corrected chi connectivity index (χ2v) is 13.3. The van der Waals surface area contributed by atoms with Crippen molar-refractivity contribution in [2.75, 3.05) is 31.1 Å². The fourth-order valence-corrected chi connectivity index (χ4v) is 6.19. The number of benzene rings is 1. The third-order valence-corrected chi connectivity index (χ3v) is 8.89. The second kappa shape index (κ2) is 11.1. The predicted octanol–water partition coefficient (Wildman–Crippen LogP) is 5.39. The molecule has 1 fully saturated rings. The number of imidazole rings is 1. The highest BCUT2D eigenvalue weighted by atomic mass is 15.3. The molecule has 10 nitrogen and oxygen atoms in total. The third kappa shape index (κ3) is 5.32. The minimum absolute atomic E-state index is 0.170. The minimum atomic E-state index is -0.726. The fourth-order valence-electron chi connectivity index (χ4n) is 6.19. The van der Waals surface area contributed by atoms with Crippen LogP contribution >= 0.6 is 0 Å². The molecule has 1 aliphatic rings. The number of aryl methyl sites for hydroxylation is 2. The van der Waals surface area contributed by atoms with Crippen LogP contribution in [0.5, 0.6) is 0 Å². The van der Waals surface area contributed by atoms with E-state index in [2.05, 4.69) is 71.7 Å². The summed E-state index contributed by atoms with van der Waals surface area (Å²) in [6.07, 6.45) is 7.46. The Hall–Kier alpha value is -5.06. The second-order valence-electron chi connectivity index (χ2n) is 13.3. The molecule has 0 atom stereocenters. The van der Waals surface area contributed by atoms with Crippen LogP contribution in [0.25, 0.3) is 38.8 Å². The molecule has 0 amide bonds. The van der Waals surface area contributed by atoms with Crippen molar-refractivity contribution in [2.24, 2.45) is 12.0 Å². The Kier molecular flexibility index (Phi) is 7.42. The van der Waals surface area contributed by atoms with E-state index in [-0.39, 0.29) is 5.54 Å². The molecular formula is C35H38N10. The summed E-state index contributed by atoms with van der Waals surface area (Å²) < 4.78 is 3.80. The molecule has 1 saturated heterocycles. The van der Waals surface area contributed by atoms with Crippen LogP contribution in [-0.4, -0.2) is 60.7 Å². The number of nitriles is 2. The minimum Gasteiger partial charge on any atom is -0.354 e. The van der Waals surface area contributed by atoms with Gasteiger partial charge in [-0.2, -0.15) is 10.5 Å². The first-order chi connectivity index (χ1) is 21.4. The topological polar surface area (TPSA) is 115 Å². The number of aromatic nitrogens is 5. The monoisotopic (exact) mass is 598 g/mol. The van der Waals surface area contributed by atoms with Crippen molar-refractivity contribution in [2.45, 2.75) is 52.5 Å². The van der Waals surface area contributed by atoms with Crippen LogP contribution in [0.4, 0.5) is 5.82 Å². The van der Waals surface area contributed by atoms with Gasteiger partial charge in [0.1, 0.15) is 5.82 Å². The summed E-state index contributed by atoms with van der Waals surface area (Å²) in [5.41, 5.74) is 7.01. The normalized spacial score (nSPS) is 15.0. The molecule has 45 heavy (non-hydrogen) atoms. The van der Waals surface area contributed by atoms with Gasteiger partial charge in [-0.25, -0.2) is 4.98 Å². The quantitative estimate of drug-likeness (QED) is 0.255. The number of anilines is 1. The number of hydrogen-bond donors (Lipinski definition) is 0. The van der Waals surface area contributed by atoms with E-state index >= 15 is 0 Å². The lowest BCUT2D eigenvalue weighted by Crippen LogP contribution is -2.53. The van der Waals surface area contributed by atoms with E-state index in [9.17, 15) is 10.5 Å². The maximum atomic E-state index is 9.60. The van der Waals surface area contributed by atoms with Gasteiger partial charge in [0.25, 0.3) is 0 Å². The smallest absolute Gasteiger partial charge is 0.226 e. The summed E-state index contributed by atoms with van der Waals surface area (Å²) in [5, 5.41) is 20.1. The van der Waals surface area contributed by atoms with E-state index in [0.717, 1.165) is 76.3 Å². The first-order valence-corrected chi connectivity index (χ1v) is 15.2. The maximum absolute atomic E-state index is 9.60. The zero-order valence-corrected chi connectivity index (χ0v) is 27.0. The van der Waals surface area contributed by atoms with Crippen LogP contribution in [0.15, 0.2) is 60.0 Å². The Morgan fingerprint density at radius 1 is 0.844 bits per heavy atom. The van der Waals surface area contributed by atoms with E-state index in [1.54, 1.807) is 6.20 Å². The summed E-state index contributed by atoms with van der Waals surface area (Å²) >= 11 is 0. The molecule has 5 heterocycles. The molecule has 0 aliphatic carbocycles. The van der Waals surface area contributed by atoms with Crippen LogP contribution in [0.2, 0.25) is 0 Å². The standard InChI is InChI=1S/C35H38N10/c1-23-16-25(18-40-32(23)43-12-14-44(15-13-43)34(2,3)4)24-8-10-28-27(17-24)31-29(20-38-28)42(7)33(41-22-37)45(31)26-9-11-30(39-19-26)35(5,6)21-36/h8-11,16-20H,12-15H2,1-7H3. The summed E-state index contributed by atoms with van der Waals surface area (Å²) in [4.78, 5) is 23.4. The SMILES string of the molecule is Cc1cc(-c2ccc3ncc4c(c3c2)n(-c2ccc(C(C)(C)C#N)nc2)c(=NC#N)n4C)cnc1N1CCN(C(C)(C)C)CC1. The molecule has 0 radical (unpaired) electrons. The van der Waals surface area contributed by atoms with Gasteiger partial charge in [0.2, 0.25) is 11.8 Å². The van der Waals surface area contributed by atoms with Crippen LogP contribution in [0.3, 0.4) is 0 Å². The Labute approximate surface area is 263 Å². The largest absolute Gasteiger partial charge is 0.354 e.